The Morgan fingerprint density at radius 3 is 2.76 bits per heavy atom. The molecular formula is C18H19N3. The molecule has 1 atom stereocenters. The van der Waals surface area contributed by atoms with Crippen LogP contribution in [0.1, 0.15) is 36.7 Å². The smallest absolute Gasteiger partial charge is 0.142 e. The number of aromatic nitrogens is 1. The third kappa shape index (κ3) is 2.50. The molecular weight excluding hydrogens is 258 g/mol. The quantitative estimate of drug-likeness (QED) is 0.840. The minimum atomic E-state index is 0.316. The van der Waals surface area contributed by atoms with Crippen LogP contribution in [0.4, 0.5) is 5.82 Å². The van der Waals surface area contributed by atoms with Crippen molar-refractivity contribution in [1.82, 2.24) is 4.98 Å². The monoisotopic (exact) mass is 277 g/mol. The van der Waals surface area contributed by atoms with Gasteiger partial charge >= 0.3 is 0 Å². The molecule has 0 bridgehead atoms. The van der Waals surface area contributed by atoms with Crippen LogP contribution in [-0.2, 0) is 6.42 Å². The molecule has 1 aromatic carbocycles. The van der Waals surface area contributed by atoms with Crippen molar-refractivity contribution < 1.29 is 0 Å². The Morgan fingerprint density at radius 1 is 1.19 bits per heavy atom. The Morgan fingerprint density at radius 2 is 2.00 bits per heavy atom. The molecule has 1 unspecified atom stereocenters. The van der Waals surface area contributed by atoms with E-state index in [2.05, 4.69) is 54.1 Å². The van der Waals surface area contributed by atoms with E-state index >= 15 is 0 Å². The molecule has 1 aromatic heterocycles. The van der Waals surface area contributed by atoms with E-state index in [1.165, 1.54) is 11.1 Å². The molecule has 0 saturated heterocycles. The molecule has 0 aliphatic carbocycles. The van der Waals surface area contributed by atoms with Crippen molar-refractivity contribution in [3.05, 3.63) is 59.3 Å². The summed E-state index contributed by atoms with van der Waals surface area (Å²) in [5, 5.41) is 9.06. The maximum atomic E-state index is 9.06. The molecule has 3 rings (SSSR count). The average Bonchev–Trinajstić information content (AvgIpc) is 2.53. The van der Waals surface area contributed by atoms with E-state index in [-0.39, 0.29) is 0 Å². The van der Waals surface area contributed by atoms with E-state index < -0.39 is 0 Å². The van der Waals surface area contributed by atoms with Crippen molar-refractivity contribution in [2.75, 3.05) is 11.4 Å². The summed E-state index contributed by atoms with van der Waals surface area (Å²) in [6, 6.07) is 16.8. The van der Waals surface area contributed by atoms with Crippen LogP contribution >= 0.6 is 0 Å². The summed E-state index contributed by atoms with van der Waals surface area (Å²) >= 11 is 0. The lowest BCUT2D eigenvalue weighted by Crippen LogP contribution is -2.38. The number of hydrogen-bond acceptors (Lipinski definition) is 3. The number of benzene rings is 1. The molecule has 0 radical (unpaired) electrons. The zero-order valence-electron chi connectivity index (χ0n) is 12.5. The van der Waals surface area contributed by atoms with Gasteiger partial charge in [-0.15, -0.1) is 0 Å². The van der Waals surface area contributed by atoms with Crippen LogP contribution in [0.15, 0.2) is 42.5 Å². The van der Waals surface area contributed by atoms with Crippen LogP contribution < -0.4 is 4.90 Å². The van der Waals surface area contributed by atoms with E-state index in [1.54, 1.807) is 6.07 Å². The van der Waals surface area contributed by atoms with Gasteiger partial charge in [-0.25, -0.2) is 4.98 Å². The molecule has 0 N–H and O–H groups in total. The summed E-state index contributed by atoms with van der Waals surface area (Å²) in [5.74, 6) is 1.39. The van der Waals surface area contributed by atoms with Crippen LogP contribution in [0, 0.1) is 17.2 Å². The van der Waals surface area contributed by atoms with Crippen molar-refractivity contribution in [3.8, 4) is 6.07 Å². The van der Waals surface area contributed by atoms with Crippen LogP contribution in [-0.4, -0.2) is 11.5 Å². The van der Waals surface area contributed by atoms with Gasteiger partial charge in [0.05, 0.1) is 6.04 Å². The third-order valence-corrected chi connectivity index (χ3v) is 4.11. The van der Waals surface area contributed by atoms with Gasteiger partial charge in [-0.3, -0.25) is 0 Å². The Hall–Kier alpha value is -2.34. The molecule has 3 nitrogen and oxygen atoms in total. The van der Waals surface area contributed by atoms with Gasteiger partial charge in [0.25, 0.3) is 0 Å². The second-order valence-corrected chi connectivity index (χ2v) is 5.82. The molecule has 0 spiro atoms. The fourth-order valence-electron chi connectivity index (χ4n) is 3.22. The van der Waals surface area contributed by atoms with Gasteiger partial charge in [0.2, 0.25) is 0 Å². The summed E-state index contributed by atoms with van der Waals surface area (Å²) in [6.45, 7) is 5.43. The van der Waals surface area contributed by atoms with Gasteiger partial charge in [-0.2, -0.15) is 5.26 Å². The predicted molar refractivity (Wildman–Crippen MR) is 84.0 cm³/mol. The molecule has 106 valence electrons. The molecule has 2 aromatic rings. The predicted octanol–water partition coefficient (Wildman–Crippen LogP) is 3.71. The highest BCUT2D eigenvalue weighted by molar-refractivity contribution is 5.49. The van der Waals surface area contributed by atoms with Crippen LogP contribution in [0.25, 0.3) is 0 Å². The van der Waals surface area contributed by atoms with Crippen molar-refractivity contribution >= 4 is 5.82 Å². The topological polar surface area (TPSA) is 39.9 Å². The molecule has 0 amide bonds. The first-order chi connectivity index (χ1) is 10.2. The summed E-state index contributed by atoms with van der Waals surface area (Å²) in [5.41, 5.74) is 3.31. The second kappa shape index (κ2) is 5.57. The highest BCUT2D eigenvalue weighted by Crippen LogP contribution is 2.37. The van der Waals surface area contributed by atoms with Gasteiger partial charge < -0.3 is 4.90 Å². The van der Waals surface area contributed by atoms with E-state index in [9.17, 15) is 0 Å². The zero-order valence-corrected chi connectivity index (χ0v) is 12.5. The summed E-state index contributed by atoms with van der Waals surface area (Å²) in [7, 11) is 0. The van der Waals surface area contributed by atoms with Crippen LogP contribution in [0.3, 0.4) is 0 Å². The SMILES string of the molecule is CC(C)C1c2ccccc2CCN1c1cccc(C#N)n1. The fourth-order valence-corrected chi connectivity index (χ4v) is 3.22. The molecule has 0 saturated carbocycles. The Kier molecular flexibility index (Phi) is 3.62. The van der Waals surface area contributed by atoms with Crippen LogP contribution in [0.2, 0.25) is 0 Å². The number of hydrogen-bond donors (Lipinski definition) is 0. The zero-order chi connectivity index (χ0) is 14.8. The maximum Gasteiger partial charge on any atom is 0.142 e. The molecule has 1 aliphatic heterocycles. The first kappa shape index (κ1) is 13.6. The van der Waals surface area contributed by atoms with Crippen molar-refractivity contribution in [2.24, 2.45) is 5.92 Å². The lowest BCUT2D eigenvalue weighted by Gasteiger charge is -2.40. The molecule has 2 heterocycles. The number of nitrogens with zero attached hydrogens (tertiary/aromatic N) is 3. The van der Waals surface area contributed by atoms with Gasteiger partial charge in [0, 0.05) is 6.54 Å². The number of nitriles is 1. The number of anilines is 1. The molecule has 1 aliphatic rings. The normalized spacial score (nSPS) is 17.4. The van der Waals surface area contributed by atoms with Crippen molar-refractivity contribution in [1.29, 1.82) is 5.26 Å². The van der Waals surface area contributed by atoms with E-state index in [1.807, 2.05) is 12.1 Å². The Balaban J connectivity index is 2.05. The minimum Gasteiger partial charge on any atom is -0.349 e. The van der Waals surface area contributed by atoms with Crippen LogP contribution in [0.5, 0.6) is 0 Å². The highest BCUT2D eigenvalue weighted by atomic mass is 15.2. The first-order valence-electron chi connectivity index (χ1n) is 7.42. The van der Waals surface area contributed by atoms with Crippen molar-refractivity contribution in [2.45, 2.75) is 26.3 Å². The minimum absolute atomic E-state index is 0.316. The standard InChI is InChI=1S/C18H19N3/c1-13(2)18-16-8-4-3-6-14(16)10-11-21(18)17-9-5-7-15(12-19)20-17/h3-9,13,18H,10-11H2,1-2H3. The van der Waals surface area contributed by atoms with E-state index in [4.69, 9.17) is 5.26 Å². The largest absolute Gasteiger partial charge is 0.349 e. The first-order valence-corrected chi connectivity index (χ1v) is 7.42. The lowest BCUT2D eigenvalue weighted by molar-refractivity contribution is 0.447. The van der Waals surface area contributed by atoms with Gasteiger partial charge in [-0.1, -0.05) is 44.2 Å². The Bertz CT molecular complexity index is 685. The van der Waals surface area contributed by atoms with Gasteiger partial charge in [0.1, 0.15) is 17.6 Å². The summed E-state index contributed by atoms with van der Waals surface area (Å²) in [4.78, 5) is 6.83. The second-order valence-electron chi connectivity index (χ2n) is 5.82. The van der Waals surface area contributed by atoms with Gasteiger partial charge in [-0.05, 0) is 35.6 Å². The number of rotatable bonds is 2. The van der Waals surface area contributed by atoms with Gasteiger partial charge in [0.15, 0.2) is 0 Å². The number of pyridine rings is 1. The fraction of sp³-hybridized carbons (Fsp3) is 0.333. The lowest BCUT2D eigenvalue weighted by atomic mass is 9.86. The summed E-state index contributed by atoms with van der Waals surface area (Å²) in [6.07, 6.45) is 1.03. The third-order valence-electron chi connectivity index (χ3n) is 4.11. The highest BCUT2D eigenvalue weighted by Gasteiger charge is 2.30. The van der Waals surface area contributed by atoms with E-state index in [0.717, 1.165) is 18.8 Å². The molecule has 21 heavy (non-hydrogen) atoms. The van der Waals surface area contributed by atoms with Crippen molar-refractivity contribution in [3.63, 3.8) is 0 Å². The number of fused-ring (bicyclic) bond motifs is 1. The molecule has 3 heteroatoms. The summed E-state index contributed by atoms with van der Waals surface area (Å²) < 4.78 is 0. The van der Waals surface area contributed by atoms with E-state index in [0.29, 0.717) is 17.7 Å². The average molecular weight is 277 g/mol. The molecule has 0 fully saturated rings. The maximum absolute atomic E-state index is 9.06. The Labute approximate surface area is 125 Å².